The minimum atomic E-state index is 0.235. The van der Waals surface area contributed by atoms with Crippen LogP contribution in [-0.2, 0) is 25.8 Å². The van der Waals surface area contributed by atoms with Gasteiger partial charge in [0.15, 0.2) is 5.96 Å². The van der Waals surface area contributed by atoms with Crippen LogP contribution in [0.2, 0.25) is 0 Å². The molecule has 0 amide bonds. The van der Waals surface area contributed by atoms with E-state index >= 15 is 0 Å². The van der Waals surface area contributed by atoms with Gasteiger partial charge in [-0.2, -0.15) is 0 Å². The lowest BCUT2D eigenvalue weighted by Crippen LogP contribution is -2.38. The highest BCUT2D eigenvalue weighted by Gasteiger charge is 2.13. The molecule has 0 aliphatic heterocycles. The van der Waals surface area contributed by atoms with Crippen LogP contribution in [0.4, 0.5) is 0 Å². The van der Waals surface area contributed by atoms with E-state index in [1.54, 1.807) is 20.2 Å². The fourth-order valence-corrected chi connectivity index (χ4v) is 2.73. The fraction of sp³-hybridized carbons (Fsp3) is 0.474. The van der Waals surface area contributed by atoms with Crippen LogP contribution in [0, 0.1) is 0 Å². The van der Waals surface area contributed by atoms with Crippen molar-refractivity contribution in [3.05, 3.63) is 40.8 Å². The average Bonchev–Trinajstić information content (AvgIpc) is 3.07. The molecule has 2 aromatic rings. The Labute approximate surface area is 154 Å². The number of aryl methyl sites for hydroxylation is 2. The maximum Gasteiger partial charge on any atom is 0.191 e. The van der Waals surface area contributed by atoms with Crippen LogP contribution in [-0.4, -0.2) is 36.9 Å². The van der Waals surface area contributed by atoms with Gasteiger partial charge in [0.05, 0.1) is 12.8 Å². The molecule has 7 nitrogen and oxygen atoms in total. The Hall–Kier alpha value is -2.70. The number of aromatic nitrogens is 1. The molecular formula is C19H28N4O3. The van der Waals surface area contributed by atoms with Gasteiger partial charge in [-0.3, -0.25) is 4.99 Å². The van der Waals surface area contributed by atoms with Gasteiger partial charge in [0.2, 0.25) is 0 Å². The summed E-state index contributed by atoms with van der Waals surface area (Å²) in [6.45, 7) is 5.38. The monoisotopic (exact) mass is 360 g/mol. The lowest BCUT2D eigenvalue weighted by molar-refractivity contribution is 0.380. The molecular weight excluding hydrogens is 332 g/mol. The first kappa shape index (κ1) is 19.6. The zero-order chi connectivity index (χ0) is 18.9. The van der Waals surface area contributed by atoms with E-state index < -0.39 is 0 Å². The lowest BCUT2D eigenvalue weighted by Gasteiger charge is -2.13. The van der Waals surface area contributed by atoms with Crippen LogP contribution in [0.25, 0.3) is 0 Å². The molecule has 0 radical (unpaired) electrons. The summed E-state index contributed by atoms with van der Waals surface area (Å²) in [5, 5.41) is 20.7. The summed E-state index contributed by atoms with van der Waals surface area (Å²) in [5.74, 6) is 2.49. The Morgan fingerprint density at radius 1 is 1.27 bits per heavy atom. The second-order valence-electron chi connectivity index (χ2n) is 5.84. The van der Waals surface area contributed by atoms with Gasteiger partial charge in [-0.05, 0) is 24.5 Å². The minimum absolute atomic E-state index is 0.235. The average molecular weight is 360 g/mol. The maximum atomic E-state index is 10.0. The quantitative estimate of drug-likeness (QED) is 0.495. The van der Waals surface area contributed by atoms with Crippen molar-refractivity contribution in [2.45, 2.75) is 39.7 Å². The molecule has 0 spiro atoms. The number of methoxy groups -OCH3 is 1. The zero-order valence-electron chi connectivity index (χ0n) is 15.9. The molecule has 3 N–H and O–H groups in total. The van der Waals surface area contributed by atoms with Crippen molar-refractivity contribution < 1.29 is 14.4 Å². The molecule has 0 aliphatic carbocycles. The van der Waals surface area contributed by atoms with Crippen molar-refractivity contribution in [1.29, 1.82) is 0 Å². The largest absolute Gasteiger partial charge is 0.508 e. The number of ether oxygens (including phenoxy) is 1. The Morgan fingerprint density at radius 2 is 2.08 bits per heavy atom. The van der Waals surface area contributed by atoms with E-state index in [-0.39, 0.29) is 5.75 Å². The summed E-state index contributed by atoms with van der Waals surface area (Å²) in [7, 11) is 3.31. The van der Waals surface area contributed by atoms with E-state index in [2.05, 4.69) is 34.6 Å². The Balaban J connectivity index is 1.88. The van der Waals surface area contributed by atoms with Gasteiger partial charge in [-0.1, -0.05) is 25.1 Å². The number of benzene rings is 1. The maximum absolute atomic E-state index is 10.0. The Bertz CT molecular complexity index is 719. The first-order valence-corrected chi connectivity index (χ1v) is 8.89. The number of rotatable bonds is 8. The first-order chi connectivity index (χ1) is 12.6. The van der Waals surface area contributed by atoms with Gasteiger partial charge in [0, 0.05) is 38.2 Å². The molecule has 0 saturated carbocycles. The molecule has 0 aliphatic rings. The van der Waals surface area contributed by atoms with Gasteiger partial charge >= 0.3 is 0 Å². The van der Waals surface area contributed by atoms with Gasteiger partial charge in [0.25, 0.3) is 0 Å². The van der Waals surface area contributed by atoms with Crippen LogP contribution in [0.3, 0.4) is 0 Å². The third-order valence-electron chi connectivity index (χ3n) is 4.24. The fourth-order valence-electron chi connectivity index (χ4n) is 2.73. The third kappa shape index (κ3) is 4.91. The summed E-state index contributed by atoms with van der Waals surface area (Å²) in [5.41, 5.74) is 2.94. The molecule has 1 aromatic carbocycles. The first-order valence-electron chi connectivity index (χ1n) is 8.89. The van der Waals surface area contributed by atoms with E-state index in [1.807, 2.05) is 12.1 Å². The Kier molecular flexibility index (Phi) is 7.32. The highest BCUT2D eigenvalue weighted by Crippen LogP contribution is 2.23. The number of nitrogens with one attached hydrogen (secondary N) is 2. The van der Waals surface area contributed by atoms with Crippen molar-refractivity contribution in [1.82, 2.24) is 15.8 Å². The van der Waals surface area contributed by atoms with Crippen molar-refractivity contribution in [3.63, 3.8) is 0 Å². The van der Waals surface area contributed by atoms with Gasteiger partial charge in [-0.25, -0.2) is 0 Å². The molecule has 0 unspecified atom stereocenters. The molecule has 7 heteroatoms. The zero-order valence-corrected chi connectivity index (χ0v) is 15.9. The number of phenolic OH excluding ortho intramolecular Hbond substituents is 1. The van der Waals surface area contributed by atoms with Gasteiger partial charge in [-0.15, -0.1) is 0 Å². The number of hydrogen-bond acceptors (Lipinski definition) is 5. The minimum Gasteiger partial charge on any atom is -0.508 e. The van der Waals surface area contributed by atoms with Crippen LogP contribution >= 0.6 is 0 Å². The smallest absolute Gasteiger partial charge is 0.191 e. The summed E-state index contributed by atoms with van der Waals surface area (Å²) >= 11 is 0. The molecule has 1 aromatic heterocycles. The van der Waals surface area contributed by atoms with Gasteiger partial charge < -0.3 is 25.0 Å². The number of aliphatic imine (C=N–C) groups is 1. The molecule has 0 fully saturated rings. The van der Waals surface area contributed by atoms with E-state index in [9.17, 15) is 5.11 Å². The second kappa shape index (κ2) is 9.70. The summed E-state index contributed by atoms with van der Waals surface area (Å²) in [4.78, 5) is 4.24. The number of guanidine groups is 1. The number of hydrogen-bond donors (Lipinski definition) is 3. The third-order valence-corrected chi connectivity index (χ3v) is 4.24. The standard InChI is InChI=1S/C19H28N4O3/c1-5-16-15(18(6-2)26-23-16)12-22-19(20-3)21-10-9-13-7-8-14(25-4)11-17(13)24/h7-8,11,24H,5-6,9-10,12H2,1-4H3,(H2,20,21,22). The summed E-state index contributed by atoms with van der Waals surface area (Å²) in [6, 6.07) is 5.32. The van der Waals surface area contributed by atoms with Crippen LogP contribution in [0.1, 0.15) is 36.4 Å². The van der Waals surface area contributed by atoms with Crippen LogP contribution < -0.4 is 15.4 Å². The lowest BCUT2D eigenvalue weighted by atomic mass is 10.1. The predicted molar refractivity (Wildman–Crippen MR) is 102 cm³/mol. The van der Waals surface area contributed by atoms with Crippen molar-refractivity contribution >= 4 is 5.96 Å². The molecule has 2 rings (SSSR count). The molecule has 0 bridgehead atoms. The molecule has 0 atom stereocenters. The van der Waals surface area contributed by atoms with Crippen molar-refractivity contribution in [2.24, 2.45) is 4.99 Å². The SMILES string of the molecule is CCc1noc(CC)c1CNC(=NC)NCCc1ccc(OC)cc1O. The highest BCUT2D eigenvalue weighted by atomic mass is 16.5. The van der Waals surface area contributed by atoms with Crippen molar-refractivity contribution in [3.8, 4) is 11.5 Å². The molecule has 1 heterocycles. The topological polar surface area (TPSA) is 91.9 Å². The predicted octanol–water partition coefficient (Wildman–Crippen LogP) is 2.42. The summed E-state index contributed by atoms with van der Waals surface area (Å²) in [6.07, 6.45) is 2.32. The second-order valence-corrected chi connectivity index (χ2v) is 5.84. The molecule has 0 saturated heterocycles. The number of phenols is 1. The van der Waals surface area contributed by atoms with Crippen molar-refractivity contribution in [2.75, 3.05) is 20.7 Å². The molecule has 26 heavy (non-hydrogen) atoms. The normalized spacial score (nSPS) is 11.5. The van der Waals surface area contributed by atoms with Crippen LogP contribution in [0.5, 0.6) is 11.5 Å². The van der Waals surface area contributed by atoms with Crippen LogP contribution in [0.15, 0.2) is 27.7 Å². The Morgan fingerprint density at radius 3 is 2.69 bits per heavy atom. The van der Waals surface area contributed by atoms with E-state index in [0.29, 0.717) is 31.2 Å². The number of aromatic hydroxyl groups is 1. The number of nitrogens with zero attached hydrogens (tertiary/aromatic N) is 2. The molecule has 142 valence electrons. The summed E-state index contributed by atoms with van der Waals surface area (Å²) < 4.78 is 10.5. The van der Waals surface area contributed by atoms with E-state index in [1.165, 1.54) is 0 Å². The highest BCUT2D eigenvalue weighted by molar-refractivity contribution is 5.79. The van der Waals surface area contributed by atoms with E-state index in [0.717, 1.165) is 35.4 Å². The van der Waals surface area contributed by atoms with Gasteiger partial charge in [0.1, 0.15) is 17.3 Å². The van der Waals surface area contributed by atoms with E-state index in [4.69, 9.17) is 9.26 Å².